The first-order valence-electron chi connectivity index (χ1n) is 9.81. The number of carbonyl (C=O) groups is 2. The fraction of sp³-hybridized carbons (Fsp3) is 0.600. The van der Waals surface area contributed by atoms with Crippen molar-refractivity contribution in [3.8, 4) is 5.75 Å². The van der Waals surface area contributed by atoms with E-state index in [1.807, 2.05) is 30.3 Å². The summed E-state index contributed by atoms with van der Waals surface area (Å²) in [6.45, 7) is 6.84. The maximum absolute atomic E-state index is 12.5. The van der Waals surface area contributed by atoms with E-state index in [0.29, 0.717) is 19.7 Å². The highest BCUT2D eigenvalue weighted by molar-refractivity contribution is 5.81. The molecule has 0 spiro atoms. The van der Waals surface area contributed by atoms with Crippen LogP contribution in [0.3, 0.4) is 0 Å². The van der Waals surface area contributed by atoms with E-state index >= 15 is 0 Å². The predicted molar refractivity (Wildman–Crippen MR) is 103 cm³/mol. The quantitative estimate of drug-likeness (QED) is 0.748. The number of nitrogens with zero attached hydrogens (tertiary/aromatic N) is 3. The van der Waals surface area contributed by atoms with Gasteiger partial charge in [-0.25, -0.2) is 0 Å². The van der Waals surface area contributed by atoms with Gasteiger partial charge in [-0.15, -0.1) is 0 Å². The van der Waals surface area contributed by atoms with Crippen LogP contribution in [-0.2, 0) is 9.59 Å². The topological polar surface area (TPSA) is 79.1 Å². The average molecular weight is 374 g/mol. The van der Waals surface area contributed by atoms with Crippen LogP contribution in [-0.4, -0.2) is 85.5 Å². The zero-order valence-electron chi connectivity index (χ0n) is 15.9. The molecular weight excluding hydrogens is 344 g/mol. The van der Waals surface area contributed by atoms with Gasteiger partial charge in [-0.2, -0.15) is 0 Å². The first-order valence-corrected chi connectivity index (χ1v) is 9.81. The van der Waals surface area contributed by atoms with Gasteiger partial charge in [0.15, 0.2) is 0 Å². The molecule has 0 saturated carbocycles. The number of nitrogens with two attached hydrogens (primary N) is 1. The number of amides is 2. The summed E-state index contributed by atoms with van der Waals surface area (Å²) in [4.78, 5) is 30.3. The van der Waals surface area contributed by atoms with Crippen molar-refractivity contribution >= 4 is 11.8 Å². The molecule has 2 N–H and O–H groups in total. The van der Waals surface area contributed by atoms with Gasteiger partial charge in [0, 0.05) is 45.8 Å². The number of benzene rings is 1. The van der Waals surface area contributed by atoms with Gasteiger partial charge in [-0.3, -0.25) is 19.4 Å². The van der Waals surface area contributed by atoms with Crippen LogP contribution >= 0.6 is 0 Å². The highest BCUT2D eigenvalue weighted by atomic mass is 16.5. The van der Waals surface area contributed by atoms with Crippen LogP contribution in [0.25, 0.3) is 0 Å². The lowest BCUT2D eigenvalue weighted by molar-refractivity contribution is -0.136. The third-order valence-corrected chi connectivity index (χ3v) is 5.42. The van der Waals surface area contributed by atoms with Gasteiger partial charge in [-0.1, -0.05) is 18.2 Å². The SMILES string of the molecule is NC(=O)C1CCCN(C(=O)CN2CCN(CCOc3ccccc3)CC2)C1. The molecule has 2 amide bonds. The number of rotatable bonds is 7. The van der Waals surface area contributed by atoms with E-state index in [1.165, 1.54) is 0 Å². The molecule has 1 atom stereocenters. The van der Waals surface area contributed by atoms with Crippen molar-refractivity contribution in [1.82, 2.24) is 14.7 Å². The monoisotopic (exact) mass is 374 g/mol. The zero-order valence-corrected chi connectivity index (χ0v) is 15.9. The summed E-state index contributed by atoms with van der Waals surface area (Å²) in [5, 5.41) is 0. The van der Waals surface area contributed by atoms with Crippen LogP contribution in [0, 0.1) is 5.92 Å². The van der Waals surface area contributed by atoms with E-state index in [4.69, 9.17) is 10.5 Å². The van der Waals surface area contributed by atoms with Crippen LogP contribution in [0.4, 0.5) is 0 Å². The second-order valence-electron chi connectivity index (χ2n) is 7.36. The minimum atomic E-state index is -0.293. The third kappa shape index (κ3) is 5.94. The second-order valence-corrected chi connectivity index (χ2v) is 7.36. The number of hydrogen-bond donors (Lipinski definition) is 1. The first kappa shape index (κ1) is 19.6. The van der Waals surface area contributed by atoms with Crippen LogP contribution < -0.4 is 10.5 Å². The summed E-state index contributed by atoms with van der Waals surface area (Å²) in [5.74, 6) is 0.530. The lowest BCUT2D eigenvalue weighted by Crippen LogP contribution is -2.52. The van der Waals surface area contributed by atoms with Crippen LogP contribution in [0.5, 0.6) is 5.75 Å². The number of carbonyl (C=O) groups excluding carboxylic acids is 2. The molecule has 0 bridgehead atoms. The molecule has 2 saturated heterocycles. The molecule has 1 aromatic carbocycles. The normalized spacial score (nSPS) is 21.8. The lowest BCUT2D eigenvalue weighted by Gasteiger charge is -2.36. The molecule has 0 radical (unpaired) electrons. The van der Waals surface area contributed by atoms with Crippen molar-refractivity contribution in [1.29, 1.82) is 0 Å². The lowest BCUT2D eigenvalue weighted by atomic mass is 9.97. The van der Waals surface area contributed by atoms with Gasteiger partial charge >= 0.3 is 0 Å². The molecule has 2 fully saturated rings. The van der Waals surface area contributed by atoms with Crippen LogP contribution in [0.2, 0.25) is 0 Å². The Morgan fingerprint density at radius 3 is 2.44 bits per heavy atom. The fourth-order valence-electron chi connectivity index (χ4n) is 3.71. The number of likely N-dealkylation sites (tertiary alicyclic amines) is 1. The molecule has 0 aliphatic carbocycles. The van der Waals surface area contributed by atoms with Gasteiger partial charge in [0.2, 0.25) is 11.8 Å². The Balaban J connectivity index is 1.34. The number of piperidine rings is 1. The van der Waals surface area contributed by atoms with Crippen molar-refractivity contribution < 1.29 is 14.3 Å². The van der Waals surface area contributed by atoms with Crippen molar-refractivity contribution in [3.05, 3.63) is 30.3 Å². The molecule has 2 aliphatic heterocycles. The minimum Gasteiger partial charge on any atom is -0.492 e. The number of piperazine rings is 1. The van der Waals surface area contributed by atoms with E-state index in [2.05, 4.69) is 9.80 Å². The molecule has 2 heterocycles. The molecule has 3 rings (SSSR count). The highest BCUT2D eigenvalue weighted by Gasteiger charge is 2.28. The van der Waals surface area contributed by atoms with E-state index in [9.17, 15) is 9.59 Å². The Morgan fingerprint density at radius 2 is 1.74 bits per heavy atom. The van der Waals surface area contributed by atoms with Gasteiger partial charge in [0.25, 0.3) is 0 Å². The van der Waals surface area contributed by atoms with Gasteiger partial charge in [-0.05, 0) is 25.0 Å². The standard InChI is InChI=1S/C20H30N4O3/c21-20(26)17-5-4-8-24(15-17)19(25)16-23-11-9-22(10-12-23)13-14-27-18-6-2-1-3-7-18/h1-3,6-7,17H,4-5,8-16H2,(H2,21,26). The van der Waals surface area contributed by atoms with Crippen molar-refractivity contribution in [3.63, 3.8) is 0 Å². The Kier molecular flexibility index (Phi) is 7.06. The Labute approximate surface area is 161 Å². The second kappa shape index (κ2) is 9.71. The summed E-state index contributed by atoms with van der Waals surface area (Å²) in [6.07, 6.45) is 1.65. The number of hydrogen-bond acceptors (Lipinski definition) is 5. The summed E-state index contributed by atoms with van der Waals surface area (Å²) in [6, 6.07) is 9.85. The maximum Gasteiger partial charge on any atom is 0.236 e. The van der Waals surface area contributed by atoms with E-state index in [0.717, 1.165) is 57.9 Å². The fourth-order valence-corrected chi connectivity index (χ4v) is 3.71. The predicted octanol–water partition coefficient (Wildman–Crippen LogP) is 0.407. The van der Waals surface area contributed by atoms with Crippen LogP contribution in [0.1, 0.15) is 12.8 Å². The number of ether oxygens (including phenoxy) is 1. The van der Waals surface area contributed by atoms with E-state index in [1.54, 1.807) is 4.90 Å². The Bertz CT molecular complexity index is 617. The maximum atomic E-state index is 12.5. The molecule has 0 aromatic heterocycles. The van der Waals surface area contributed by atoms with Crippen LogP contribution in [0.15, 0.2) is 30.3 Å². The number of primary amides is 1. The van der Waals surface area contributed by atoms with Gasteiger partial charge < -0.3 is 15.4 Å². The van der Waals surface area contributed by atoms with Crippen molar-refractivity contribution in [2.24, 2.45) is 11.7 Å². The first-order chi connectivity index (χ1) is 13.1. The van der Waals surface area contributed by atoms with E-state index in [-0.39, 0.29) is 17.7 Å². The molecule has 27 heavy (non-hydrogen) atoms. The Morgan fingerprint density at radius 1 is 1.04 bits per heavy atom. The molecule has 1 unspecified atom stereocenters. The highest BCUT2D eigenvalue weighted by Crippen LogP contribution is 2.16. The zero-order chi connectivity index (χ0) is 19.1. The smallest absolute Gasteiger partial charge is 0.236 e. The summed E-state index contributed by atoms with van der Waals surface area (Å²) >= 11 is 0. The molecule has 7 heteroatoms. The summed E-state index contributed by atoms with van der Waals surface area (Å²) < 4.78 is 5.76. The van der Waals surface area contributed by atoms with Gasteiger partial charge in [0.05, 0.1) is 12.5 Å². The minimum absolute atomic E-state index is 0.113. The number of para-hydroxylation sites is 1. The Hall–Kier alpha value is -2.12. The van der Waals surface area contributed by atoms with Crippen molar-refractivity contribution in [2.45, 2.75) is 12.8 Å². The third-order valence-electron chi connectivity index (χ3n) is 5.42. The largest absolute Gasteiger partial charge is 0.492 e. The van der Waals surface area contributed by atoms with Crippen molar-refractivity contribution in [2.75, 3.05) is 59.0 Å². The molecule has 1 aromatic rings. The van der Waals surface area contributed by atoms with E-state index < -0.39 is 0 Å². The van der Waals surface area contributed by atoms with Gasteiger partial charge in [0.1, 0.15) is 12.4 Å². The molecule has 7 nitrogen and oxygen atoms in total. The molecular formula is C20H30N4O3. The summed E-state index contributed by atoms with van der Waals surface area (Å²) in [7, 11) is 0. The molecule has 148 valence electrons. The summed E-state index contributed by atoms with van der Waals surface area (Å²) in [5.41, 5.74) is 5.40. The molecule has 2 aliphatic rings. The average Bonchev–Trinajstić information content (AvgIpc) is 2.70.